The third-order valence-electron chi connectivity index (χ3n) is 4.63. The van der Waals surface area contributed by atoms with Crippen molar-refractivity contribution in [3.05, 3.63) is 29.3 Å². The first-order chi connectivity index (χ1) is 12.1. The summed E-state index contributed by atoms with van der Waals surface area (Å²) in [6.45, 7) is 1.48. The average Bonchev–Trinajstić information content (AvgIpc) is 3.37. The second-order valence-electron chi connectivity index (χ2n) is 6.51. The summed E-state index contributed by atoms with van der Waals surface area (Å²) < 4.78 is 5.62. The molecule has 1 saturated carbocycles. The summed E-state index contributed by atoms with van der Waals surface area (Å²) in [5.41, 5.74) is 0. The average molecular weight is 367 g/mol. The van der Waals surface area contributed by atoms with Crippen LogP contribution in [0.4, 0.5) is 0 Å². The molecular formula is C18H23ClN2O4. The van der Waals surface area contributed by atoms with E-state index in [1.54, 1.807) is 21.9 Å². The number of ether oxygens (including phenoxy) is 1. The van der Waals surface area contributed by atoms with Crippen LogP contribution in [0.3, 0.4) is 0 Å². The number of carbonyl (C=O) groups is 2. The minimum Gasteiger partial charge on any atom is -0.490 e. The van der Waals surface area contributed by atoms with E-state index in [0.717, 1.165) is 12.8 Å². The van der Waals surface area contributed by atoms with Gasteiger partial charge in [0, 0.05) is 25.6 Å². The monoisotopic (exact) mass is 366 g/mol. The Labute approximate surface area is 152 Å². The first kappa shape index (κ1) is 18.0. The fourth-order valence-corrected chi connectivity index (χ4v) is 3.37. The second-order valence-corrected chi connectivity index (χ2v) is 6.91. The van der Waals surface area contributed by atoms with Gasteiger partial charge < -0.3 is 19.6 Å². The molecule has 0 spiro atoms. The lowest BCUT2D eigenvalue weighted by molar-refractivity contribution is -0.136. The van der Waals surface area contributed by atoms with Crippen LogP contribution < -0.4 is 4.74 Å². The van der Waals surface area contributed by atoms with Gasteiger partial charge in [0.1, 0.15) is 12.4 Å². The summed E-state index contributed by atoms with van der Waals surface area (Å²) in [5, 5.41) is 9.69. The van der Waals surface area contributed by atoms with Crippen LogP contribution in [-0.4, -0.2) is 65.6 Å². The summed E-state index contributed by atoms with van der Waals surface area (Å²) in [6, 6.07) is 7.44. The quantitative estimate of drug-likeness (QED) is 0.757. The SMILES string of the molecule is O=C1C[C@H](C(=O)N(CCO)C2CC2)CN1CCOc1ccccc1Cl. The van der Waals surface area contributed by atoms with Gasteiger partial charge in [0.15, 0.2) is 0 Å². The van der Waals surface area contributed by atoms with Crippen LogP contribution in [-0.2, 0) is 9.59 Å². The summed E-state index contributed by atoms with van der Waals surface area (Å²) >= 11 is 6.04. The molecule has 136 valence electrons. The topological polar surface area (TPSA) is 70.1 Å². The maximum atomic E-state index is 12.6. The van der Waals surface area contributed by atoms with Crippen molar-refractivity contribution in [2.45, 2.75) is 25.3 Å². The molecule has 3 rings (SSSR count). The standard InChI is InChI=1S/C18H23ClN2O4/c19-15-3-1-2-4-16(15)25-10-8-20-12-13(11-17(20)23)18(24)21(7-9-22)14-5-6-14/h1-4,13-14,22H,5-12H2/t13-/m0/s1. The largest absolute Gasteiger partial charge is 0.490 e. The van der Waals surface area contributed by atoms with Crippen molar-refractivity contribution in [2.24, 2.45) is 5.92 Å². The van der Waals surface area contributed by atoms with Gasteiger partial charge in [0.05, 0.1) is 24.1 Å². The Morgan fingerprint density at radius 3 is 2.80 bits per heavy atom. The molecule has 1 aromatic carbocycles. The zero-order valence-electron chi connectivity index (χ0n) is 14.1. The first-order valence-corrected chi connectivity index (χ1v) is 9.04. The van der Waals surface area contributed by atoms with Crippen molar-refractivity contribution in [1.29, 1.82) is 0 Å². The number of aliphatic hydroxyl groups excluding tert-OH is 1. The van der Waals surface area contributed by atoms with E-state index >= 15 is 0 Å². The van der Waals surface area contributed by atoms with E-state index in [1.165, 1.54) is 0 Å². The zero-order chi connectivity index (χ0) is 17.8. The van der Waals surface area contributed by atoms with Crippen LogP contribution in [0.5, 0.6) is 5.75 Å². The molecule has 0 radical (unpaired) electrons. The van der Waals surface area contributed by atoms with E-state index in [-0.39, 0.29) is 36.8 Å². The summed E-state index contributed by atoms with van der Waals surface area (Å²) in [5.74, 6) is 0.228. The van der Waals surface area contributed by atoms with E-state index in [1.807, 2.05) is 12.1 Å². The van der Waals surface area contributed by atoms with Crippen LogP contribution in [0, 0.1) is 5.92 Å². The Kier molecular flexibility index (Phi) is 5.81. The molecule has 7 heteroatoms. The molecule has 1 N–H and O–H groups in total. The van der Waals surface area contributed by atoms with E-state index in [9.17, 15) is 9.59 Å². The number of benzene rings is 1. The molecule has 1 aliphatic carbocycles. The molecular weight excluding hydrogens is 344 g/mol. The van der Waals surface area contributed by atoms with Crippen LogP contribution in [0.1, 0.15) is 19.3 Å². The van der Waals surface area contributed by atoms with Gasteiger partial charge in [-0.2, -0.15) is 0 Å². The molecule has 2 fully saturated rings. The fraction of sp³-hybridized carbons (Fsp3) is 0.556. The number of amides is 2. The summed E-state index contributed by atoms with van der Waals surface area (Å²) in [7, 11) is 0. The van der Waals surface area contributed by atoms with Crippen molar-refractivity contribution < 1.29 is 19.4 Å². The molecule has 25 heavy (non-hydrogen) atoms. The van der Waals surface area contributed by atoms with Crippen molar-refractivity contribution >= 4 is 23.4 Å². The molecule has 0 bridgehead atoms. The minimum absolute atomic E-state index is 0.0144. The number of para-hydroxylation sites is 1. The number of hydrogen-bond donors (Lipinski definition) is 1. The van der Waals surface area contributed by atoms with E-state index < -0.39 is 0 Å². The van der Waals surface area contributed by atoms with Crippen molar-refractivity contribution in [3.8, 4) is 5.75 Å². The highest BCUT2D eigenvalue weighted by atomic mass is 35.5. The Balaban J connectivity index is 1.50. The number of rotatable bonds is 8. The van der Waals surface area contributed by atoms with Crippen LogP contribution in [0.15, 0.2) is 24.3 Å². The molecule has 1 aromatic rings. The van der Waals surface area contributed by atoms with E-state index in [4.69, 9.17) is 21.4 Å². The molecule has 2 aliphatic rings. The fourth-order valence-electron chi connectivity index (χ4n) is 3.18. The number of likely N-dealkylation sites (tertiary alicyclic amines) is 1. The Morgan fingerprint density at radius 2 is 2.12 bits per heavy atom. The molecule has 6 nitrogen and oxygen atoms in total. The molecule has 1 heterocycles. The highest BCUT2D eigenvalue weighted by Gasteiger charge is 2.40. The van der Waals surface area contributed by atoms with Gasteiger partial charge in [0.2, 0.25) is 11.8 Å². The number of nitrogens with zero attached hydrogens (tertiary/aromatic N) is 2. The van der Waals surface area contributed by atoms with Crippen molar-refractivity contribution in [1.82, 2.24) is 9.80 Å². The van der Waals surface area contributed by atoms with Crippen LogP contribution in [0.25, 0.3) is 0 Å². The molecule has 1 atom stereocenters. The maximum absolute atomic E-state index is 12.6. The third kappa shape index (κ3) is 4.44. The Bertz CT molecular complexity index is 635. The van der Waals surface area contributed by atoms with Gasteiger partial charge >= 0.3 is 0 Å². The van der Waals surface area contributed by atoms with Gasteiger partial charge in [-0.05, 0) is 25.0 Å². The van der Waals surface area contributed by atoms with Crippen LogP contribution >= 0.6 is 11.6 Å². The van der Waals surface area contributed by atoms with Gasteiger partial charge in [-0.15, -0.1) is 0 Å². The molecule has 0 unspecified atom stereocenters. The summed E-state index contributed by atoms with van der Waals surface area (Å²) in [4.78, 5) is 28.2. The lowest BCUT2D eigenvalue weighted by Crippen LogP contribution is -2.40. The molecule has 1 saturated heterocycles. The smallest absolute Gasteiger partial charge is 0.228 e. The van der Waals surface area contributed by atoms with Crippen molar-refractivity contribution in [2.75, 3.05) is 32.8 Å². The zero-order valence-corrected chi connectivity index (χ0v) is 14.8. The van der Waals surface area contributed by atoms with Gasteiger partial charge in [0.25, 0.3) is 0 Å². The number of aliphatic hydroxyl groups is 1. The normalized spacial score (nSPS) is 20.0. The minimum atomic E-state index is -0.319. The van der Waals surface area contributed by atoms with Gasteiger partial charge in [-0.25, -0.2) is 0 Å². The lowest BCUT2D eigenvalue weighted by atomic mass is 10.1. The summed E-state index contributed by atoms with van der Waals surface area (Å²) in [6.07, 6.45) is 2.21. The molecule has 0 aromatic heterocycles. The predicted octanol–water partition coefficient (Wildman–Crippen LogP) is 1.55. The third-order valence-corrected chi connectivity index (χ3v) is 4.94. The van der Waals surface area contributed by atoms with Gasteiger partial charge in [-0.1, -0.05) is 23.7 Å². The Morgan fingerprint density at radius 1 is 1.36 bits per heavy atom. The second kappa shape index (κ2) is 8.06. The van der Waals surface area contributed by atoms with E-state index in [0.29, 0.717) is 37.0 Å². The molecule has 1 aliphatic heterocycles. The number of halogens is 1. The number of carbonyl (C=O) groups excluding carboxylic acids is 2. The highest BCUT2D eigenvalue weighted by Crippen LogP contribution is 2.30. The van der Waals surface area contributed by atoms with Gasteiger partial charge in [-0.3, -0.25) is 9.59 Å². The number of hydrogen-bond acceptors (Lipinski definition) is 4. The maximum Gasteiger partial charge on any atom is 0.228 e. The first-order valence-electron chi connectivity index (χ1n) is 8.66. The predicted molar refractivity (Wildman–Crippen MR) is 93.5 cm³/mol. The molecule has 2 amide bonds. The Hall–Kier alpha value is -1.79. The van der Waals surface area contributed by atoms with Crippen LogP contribution in [0.2, 0.25) is 5.02 Å². The lowest BCUT2D eigenvalue weighted by Gasteiger charge is -2.24. The van der Waals surface area contributed by atoms with Crippen molar-refractivity contribution in [3.63, 3.8) is 0 Å². The van der Waals surface area contributed by atoms with E-state index in [2.05, 4.69) is 0 Å². The highest BCUT2D eigenvalue weighted by molar-refractivity contribution is 6.32.